The molecule has 2 rings (SSSR count). The fraction of sp³-hybridized carbons (Fsp3) is 0.133. The molecule has 0 atom stereocenters. The minimum Gasteiger partial charge on any atom is -0.502 e. The Kier molecular flexibility index (Phi) is 4.18. The van der Waals surface area contributed by atoms with Crippen molar-refractivity contribution in [2.75, 3.05) is 0 Å². The number of carbonyl (C=O) groups is 1. The molecule has 1 aromatic heterocycles. The first kappa shape index (κ1) is 14.9. The summed E-state index contributed by atoms with van der Waals surface area (Å²) in [7, 11) is 0. The van der Waals surface area contributed by atoms with Gasteiger partial charge in [-0.15, -0.1) is 11.3 Å². The molecule has 21 heavy (non-hydrogen) atoms. The van der Waals surface area contributed by atoms with E-state index in [4.69, 9.17) is 0 Å². The Hall–Kier alpha value is -2.47. The molecule has 0 saturated carbocycles. The van der Waals surface area contributed by atoms with Crippen LogP contribution in [0.3, 0.4) is 0 Å². The van der Waals surface area contributed by atoms with Gasteiger partial charge in [-0.25, -0.2) is 0 Å². The smallest absolute Gasteiger partial charge is 0.311 e. The van der Waals surface area contributed by atoms with Gasteiger partial charge in [-0.05, 0) is 37.6 Å². The quantitative estimate of drug-likeness (QED) is 0.402. The molecule has 6 heteroatoms. The molecule has 0 unspecified atom stereocenters. The summed E-state index contributed by atoms with van der Waals surface area (Å²) < 4.78 is 0. The second kappa shape index (κ2) is 5.88. The Bertz CT molecular complexity index is 746. The zero-order valence-electron chi connectivity index (χ0n) is 11.5. The van der Waals surface area contributed by atoms with Gasteiger partial charge in [-0.1, -0.05) is 12.1 Å². The number of aromatic hydroxyl groups is 1. The highest BCUT2D eigenvalue weighted by molar-refractivity contribution is 7.12. The van der Waals surface area contributed by atoms with Gasteiger partial charge < -0.3 is 5.11 Å². The molecule has 0 saturated heterocycles. The molecule has 1 heterocycles. The third-order valence-electron chi connectivity index (χ3n) is 2.93. The number of nitrogens with zero attached hydrogens (tertiary/aromatic N) is 1. The SMILES string of the molecule is Cc1cc(C(=O)/C=C/c2ccc(O)c([N+](=O)[O-])c2)c(C)s1. The molecule has 0 aliphatic carbocycles. The van der Waals surface area contributed by atoms with Crippen LogP contribution in [-0.4, -0.2) is 15.8 Å². The lowest BCUT2D eigenvalue weighted by Gasteiger charge is -1.98. The lowest BCUT2D eigenvalue weighted by Crippen LogP contribution is -1.94. The van der Waals surface area contributed by atoms with E-state index in [-0.39, 0.29) is 11.5 Å². The highest BCUT2D eigenvalue weighted by Crippen LogP contribution is 2.27. The van der Waals surface area contributed by atoms with E-state index in [1.165, 1.54) is 30.4 Å². The van der Waals surface area contributed by atoms with Crippen molar-refractivity contribution in [3.63, 3.8) is 0 Å². The molecule has 5 nitrogen and oxygen atoms in total. The highest BCUT2D eigenvalue weighted by Gasteiger charge is 2.13. The van der Waals surface area contributed by atoms with E-state index in [2.05, 4.69) is 0 Å². The zero-order valence-corrected chi connectivity index (χ0v) is 12.3. The van der Waals surface area contributed by atoms with Crippen molar-refractivity contribution in [3.8, 4) is 5.75 Å². The number of rotatable bonds is 4. The third-order valence-corrected chi connectivity index (χ3v) is 3.90. The monoisotopic (exact) mass is 303 g/mol. The zero-order chi connectivity index (χ0) is 15.6. The Morgan fingerprint density at radius 3 is 2.62 bits per heavy atom. The summed E-state index contributed by atoms with van der Waals surface area (Å²) in [5, 5.41) is 20.1. The normalized spacial score (nSPS) is 11.0. The second-order valence-electron chi connectivity index (χ2n) is 4.53. The van der Waals surface area contributed by atoms with Gasteiger partial charge in [0.05, 0.1) is 4.92 Å². The highest BCUT2D eigenvalue weighted by atomic mass is 32.1. The number of ketones is 1. The van der Waals surface area contributed by atoms with Crippen LogP contribution >= 0.6 is 11.3 Å². The van der Waals surface area contributed by atoms with E-state index in [9.17, 15) is 20.0 Å². The van der Waals surface area contributed by atoms with Gasteiger partial charge >= 0.3 is 5.69 Å². The van der Waals surface area contributed by atoms with Crippen LogP contribution in [0.1, 0.15) is 25.7 Å². The van der Waals surface area contributed by atoms with Crippen molar-refractivity contribution in [2.45, 2.75) is 13.8 Å². The number of benzene rings is 1. The second-order valence-corrected chi connectivity index (χ2v) is 5.99. The van der Waals surface area contributed by atoms with Crippen molar-refractivity contribution in [3.05, 3.63) is 61.3 Å². The van der Waals surface area contributed by atoms with Crippen LogP contribution in [0.2, 0.25) is 0 Å². The molecular formula is C15H13NO4S. The molecule has 0 amide bonds. The number of phenols is 1. The molecule has 1 N–H and O–H groups in total. The number of allylic oxidation sites excluding steroid dienone is 1. The molecule has 0 spiro atoms. The molecular weight excluding hydrogens is 290 g/mol. The fourth-order valence-corrected chi connectivity index (χ4v) is 2.86. The van der Waals surface area contributed by atoms with Gasteiger partial charge in [0.25, 0.3) is 0 Å². The van der Waals surface area contributed by atoms with Crippen LogP contribution in [0, 0.1) is 24.0 Å². The summed E-state index contributed by atoms with van der Waals surface area (Å²) in [5.41, 5.74) is 0.742. The average molecular weight is 303 g/mol. The summed E-state index contributed by atoms with van der Waals surface area (Å²) in [4.78, 5) is 24.1. The molecule has 1 aromatic carbocycles. The number of nitro benzene ring substituents is 1. The average Bonchev–Trinajstić information content (AvgIpc) is 2.76. The van der Waals surface area contributed by atoms with Crippen LogP contribution in [0.4, 0.5) is 5.69 Å². The summed E-state index contributed by atoms with van der Waals surface area (Å²) in [6.07, 6.45) is 2.88. The number of nitro groups is 1. The topological polar surface area (TPSA) is 80.4 Å². The van der Waals surface area contributed by atoms with Gasteiger partial charge in [-0.2, -0.15) is 0 Å². The molecule has 0 fully saturated rings. The van der Waals surface area contributed by atoms with Crippen LogP contribution < -0.4 is 0 Å². The van der Waals surface area contributed by atoms with Crippen molar-refractivity contribution in [1.82, 2.24) is 0 Å². The maximum absolute atomic E-state index is 12.1. The number of aryl methyl sites for hydroxylation is 2. The van der Waals surface area contributed by atoms with E-state index >= 15 is 0 Å². The van der Waals surface area contributed by atoms with E-state index in [1.54, 1.807) is 11.3 Å². The first-order chi connectivity index (χ1) is 9.88. The molecule has 0 radical (unpaired) electrons. The lowest BCUT2D eigenvalue weighted by molar-refractivity contribution is -0.385. The number of hydrogen-bond acceptors (Lipinski definition) is 5. The Morgan fingerprint density at radius 2 is 2.05 bits per heavy atom. The molecule has 108 valence electrons. The van der Waals surface area contributed by atoms with Crippen molar-refractivity contribution >= 4 is 28.9 Å². The maximum Gasteiger partial charge on any atom is 0.311 e. The van der Waals surface area contributed by atoms with Crippen molar-refractivity contribution in [2.24, 2.45) is 0 Å². The van der Waals surface area contributed by atoms with Gasteiger partial charge in [-0.3, -0.25) is 14.9 Å². The Balaban J connectivity index is 2.25. The van der Waals surface area contributed by atoms with Crippen molar-refractivity contribution < 1.29 is 14.8 Å². The third kappa shape index (κ3) is 3.35. The van der Waals surface area contributed by atoms with Crippen LogP contribution in [0.25, 0.3) is 6.08 Å². The Labute approximate surface area is 125 Å². The first-order valence-electron chi connectivity index (χ1n) is 6.15. The van der Waals surface area contributed by atoms with Gasteiger partial charge in [0.15, 0.2) is 11.5 Å². The van der Waals surface area contributed by atoms with Crippen molar-refractivity contribution in [1.29, 1.82) is 0 Å². The number of carbonyl (C=O) groups excluding carboxylic acids is 1. The largest absolute Gasteiger partial charge is 0.502 e. The molecule has 0 bridgehead atoms. The molecule has 0 aliphatic heterocycles. The number of hydrogen-bond donors (Lipinski definition) is 1. The van der Waals surface area contributed by atoms with E-state index in [0.29, 0.717) is 11.1 Å². The van der Waals surface area contributed by atoms with Crippen LogP contribution in [-0.2, 0) is 0 Å². The van der Waals surface area contributed by atoms with Gasteiger partial charge in [0.2, 0.25) is 0 Å². The summed E-state index contributed by atoms with van der Waals surface area (Å²) in [6.45, 7) is 3.81. The van der Waals surface area contributed by atoms with Crippen LogP contribution in [0.15, 0.2) is 30.3 Å². The first-order valence-corrected chi connectivity index (χ1v) is 6.97. The fourth-order valence-electron chi connectivity index (χ4n) is 1.93. The van der Waals surface area contributed by atoms with E-state index in [1.807, 2.05) is 19.9 Å². The lowest BCUT2D eigenvalue weighted by atomic mass is 10.1. The number of phenolic OH excluding ortho intramolecular Hbond substituents is 1. The minimum absolute atomic E-state index is 0.146. The van der Waals surface area contributed by atoms with Gasteiger partial charge in [0, 0.05) is 21.4 Å². The summed E-state index contributed by atoms with van der Waals surface area (Å²) >= 11 is 1.55. The molecule has 0 aliphatic rings. The molecule has 2 aromatic rings. The summed E-state index contributed by atoms with van der Waals surface area (Å²) in [5.74, 6) is -0.541. The standard InChI is InChI=1S/C15H13NO4S/c1-9-7-12(10(2)21-9)14(17)5-3-11-4-6-15(18)13(8-11)16(19)20/h3-8,18H,1-2H3/b5-3+. The van der Waals surface area contributed by atoms with Gasteiger partial charge in [0.1, 0.15) is 0 Å². The van der Waals surface area contributed by atoms with E-state index < -0.39 is 10.7 Å². The van der Waals surface area contributed by atoms with Crippen LogP contribution in [0.5, 0.6) is 5.75 Å². The minimum atomic E-state index is -0.666. The predicted octanol–water partition coefficient (Wildman–Crippen LogP) is 3.87. The predicted molar refractivity (Wildman–Crippen MR) is 81.9 cm³/mol. The number of thiophene rings is 1. The Morgan fingerprint density at radius 1 is 1.33 bits per heavy atom. The van der Waals surface area contributed by atoms with E-state index in [0.717, 1.165) is 9.75 Å². The maximum atomic E-state index is 12.1. The summed E-state index contributed by atoms with van der Waals surface area (Å²) in [6, 6.07) is 5.80.